The molecule has 1 unspecified atom stereocenters. The summed E-state index contributed by atoms with van der Waals surface area (Å²) in [7, 11) is 0. The predicted octanol–water partition coefficient (Wildman–Crippen LogP) is 1.78. The molecule has 0 spiro atoms. The maximum Gasteiger partial charge on any atom is 0.236 e. The van der Waals surface area contributed by atoms with Crippen LogP contribution in [-0.4, -0.2) is 27.8 Å². The molecule has 1 aliphatic heterocycles. The third-order valence-corrected chi connectivity index (χ3v) is 3.33. The molecule has 1 aliphatic rings. The van der Waals surface area contributed by atoms with Crippen LogP contribution in [0.4, 0.5) is 0 Å². The maximum atomic E-state index is 11.5. The molecular formula is C8H14BrNOS. The minimum Gasteiger partial charge on any atom is -0.351 e. The monoisotopic (exact) mass is 251 g/mol. The molecule has 0 aromatic heterocycles. The number of rotatable bonds is 2. The molecule has 12 heavy (non-hydrogen) atoms. The van der Waals surface area contributed by atoms with Crippen LogP contribution in [-0.2, 0) is 4.79 Å². The van der Waals surface area contributed by atoms with Crippen LogP contribution < -0.4 is 5.32 Å². The molecule has 1 atom stereocenters. The third kappa shape index (κ3) is 2.98. The summed E-state index contributed by atoms with van der Waals surface area (Å²) in [5.74, 6) is 2.33. The summed E-state index contributed by atoms with van der Waals surface area (Å²) in [6.45, 7) is 3.73. The Labute approximate surface area is 86.0 Å². The van der Waals surface area contributed by atoms with Crippen LogP contribution in [0.15, 0.2) is 0 Å². The van der Waals surface area contributed by atoms with Crippen molar-refractivity contribution in [1.82, 2.24) is 5.32 Å². The van der Waals surface area contributed by atoms with E-state index < -0.39 is 4.32 Å². The van der Waals surface area contributed by atoms with E-state index in [0.29, 0.717) is 6.04 Å². The molecule has 1 fully saturated rings. The molecule has 2 nitrogen and oxygen atoms in total. The second kappa shape index (κ2) is 4.01. The Balaban J connectivity index is 2.35. The van der Waals surface area contributed by atoms with E-state index in [4.69, 9.17) is 0 Å². The van der Waals surface area contributed by atoms with Gasteiger partial charge in [0.05, 0.1) is 4.32 Å². The topological polar surface area (TPSA) is 29.1 Å². The van der Waals surface area contributed by atoms with Crippen LogP contribution in [0.1, 0.15) is 20.3 Å². The SMILES string of the molecule is CC(C)(Br)C(=O)NC1CCSC1. The lowest BCUT2D eigenvalue weighted by molar-refractivity contribution is -0.123. The quantitative estimate of drug-likeness (QED) is 0.759. The van der Waals surface area contributed by atoms with E-state index in [9.17, 15) is 4.79 Å². The number of nitrogens with one attached hydrogen (secondary N) is 1. The third-order valence-electron chi connectivity index (χ3n) is 1.80. The number of thioether (sulfide) groups is 1. The summed E-state index contributed by atoms with van der Waals surface area (Å²) in [6, 6.07) is 0.388. The molecule has 0 saturated carbocycles. The summed E-state index contributed by atoms with van der Waals surface area (Å²) in [6.07, 6.45) is 1.11. The molecule has 0 aliphatic carbocycles. The highest BCUT2D eigenvalue weighted by atomic mass is 79.9. The van der Waals surface area contributed by atoms with Crippen LogP contribution in [0.3, 0.4) is 0 Å². The van der Waals surface area contributed by atoms with Crippen LogP contribution in [0.25, 0.3) is 0 Å². The minimum absolute atomic E-state index is 0.0926. The summed E-state index contributed by atoms with van der Waals surface area (Å²) in [5, 5.41) is 3.01. The lowest BCUT2D eigenvalue weighted by Gasteiger charge is -2.19. The van der Waals surface area contributed by atoms with Crippen molar-refractivity contribution in [2.24, 2.45) is 0 Å². The van der Waals surface area contributed by atoms with Gasteiger partial charge in [0.2, 0.25) is 5.91 Å². The van der Waals surface area contributed by atoms with Gasteiger partial charge in [0.1, 0.15) is 0 Å². The number of hydrogen-bond donors (Lipinski definition) is 1. The van der Waals surface area contributed by atoms with Crippen LogP contribution in [0.2, 0.25) is 0 Å². The van der Waals surface area contributed by atoms with Crippen LogP contribution >= 0.6 is 27.7 Å². The van der Waals surface area contributed by atoms with E-state index >= 15 is 0 Å². The second-order valence-corrected chi connectivity index (χ2v) is 6.64. The van der Waals surface area contributed by atoms with Gasteiger partial charge in [-0.25, -0.2) is 0 Å². The van der Waals surface area contributed by atoms with E-state index in [1.54, 1.807) is 0 Å². The molecule has 1 saturated heterocycles. The van der Waals surface area contributed by atoms with Gasteiger partial charge in [0, 0.05) is 11.8 Å². The Morgan fingerprint density at radius 1 is 1.67 bits per heavy atom. The van der Waals surface area contributed by atoms with Gasteiger partial charge in [-0.05, 0) is 26.0 Å². The van der Waals surface area contributed by atoms with Crippen molar-refractivity contribution in [3.8, 4) is 0 Å². The molecule has 0 aromatic rings. The highest BCUT2D eigenvalue weighted by Crippen LogP contribution is 2.20. The Hall–Kier alpha value is 0.300. The largest absolute Gasteiger partial charge is 0.351 e. The van der Waals surface area contributed by atoms with Crippen LogP contribution in [0.5, 0.6) is 0 Å². The average molecular weight is 252 g/mol. The Morgan fingerprint density at radius 3 is 2.75 bits per heavy atom. The van der Waals surface area contributed by atoms with Crippen molar-refractivity contribution in [3.05, 3.63) is 0 Å². The normalized spacial score (nSPS) is 24.1. The number of alkyl halides is 1. The highest BCUT2D eigenvalue weighted by molar-refractivity contribution is 9.10. The summed E-state index contributed by atoms with van der Waals surface area (Å²) in [4.78, 5) is 11.5. The van der Waals surface area contributed by atoms with Crippen molar-refractivity contribution < 1.29 is 4.79 Å². The molecule has 70 valence electrons. The first-order chi connectivity index (χ1) is 5.50. The van der Waals surface area contributed by atoms with Gasteiger partial charge < -0.3 is 5.32 Å². The zero-order chi connectivity index (χ0) is 9.19. The Bertz CT molecular complexity index is 172. The lowest BCUT2D eigenvalue weighted by atomic mass is 10.2. The van der Waals surface area contributed by atoms with E-state index in [2.05, 4.69) is 21.2 Å². The minimum atomic E-state index is -0.430. The van der Waals surface area contributed by atoms with Crippen molar-refractivity contribution in [3.63, 3.8) is 0 Å². The van der Waals surface area contributed by atoms with Crippen molar-refractivity contribution in [1.29, 1.82) is 0 Å². The molecule has 1 rings (SSSR count). The standard InChI is InChI=1S/C8H14BrNOS/c1-8(2,9)7(11)10-6-3-4-12-5-6/h6H,3-5H2,1-2H3,(H,10,11). The number of halogens is 1. The van der Waals surface area contributed by atoms with Gasteiger partial charge in [-0.1, -0.05) is 15.9 Å². The number of carbonyl (C=O) groups is 1. The summed E-state index contributed by atoms with van der Waals surface area (Å²) >= 11 is 5.24. The fourth-order valence-corrected chi connectivity index (χ4v) is 2.27. The van der Waals surface area contributed by atoms with Crippen molar-refractivity contribution in [2.45, 2.75) is 30.6 Å². The van der Waals surface area contributed by atoms with Gasteiger partial charge in [-0.2, -0.15) is 11.8 Å². The van der Waals surface area contributed by atoms with Crippen molar-refractivity contribution in [2.75, 3.05) is 11.5 Å². The lowest BCUT2D eigenvalue weighted by Crippen LogP contribution is -2.43. The smallest absolute Gasteiger partial charge is 0.236 e. The van der Waals surface area contributed by atoms with E-state index in [-0.39, 0.29) is 5.91 Å². The first-order valence-electron chi connectivity index (χ1n) is 4.08. The van der Waals surface area contributed by atoms with Gasteiger partial charge >= 0.3 is 0 Å². The molecule has 0 aromatic carbocycles. The molecular weight excluding hydrogens is 238 g/mol. The summed E-state index contributed by atoms with van der Waals surface area (Å²) in [5.41, 5.74) is 0. The first kappa shape index (κ1) is 10.4. The predicted molar refractivity (Wildman–Crippen MR) is 56.9 cm³/mol. The molecule has 1 amide bonds. The van der Waals surface area contributed by atoms with Gasteiger partial charge in [0.25, 0.3) is 0 Å². The van der Waals surface area contributed by atoms with E-state index in [1.165, 1.54) is 5.75 Å². The zero-order valence-electron chi connectivity index (χ0n) is 7.39. The van der Waals surface area contributed by atoms with Crippen LogP contribution in [0, 0.1) is 0 Å². The molecule has 0 radical (unpaired) electrons. The second-order valence-electron chi connectivity index (χ2n) is 3.51. The Morgan fingerprint density at radius 2 is 2.33 bits per heavy atom. The fraction of sp³-hybridized carbons (Fsp3) is 0.875. The average Bonchev–Trinajstić information content (AvgIpc) is 2.37. The number of amides is 1. The van der Waals surface area contributed by atoms with E-state index in [0.717, 1.165) is 12.2 Å². The number of hydrogen-bond acceptors (Lipinski definition) is 2. The zero-order valence-corrected chi connectivity index (χ0v) is 9.80. The van der Waals surface area contributed by atoms with Gasteiger partial charge in [0.15, 0.2) is 0 Å². The van der Waals surface area contributed by atoms with Crippen molar-refractivity contribution >= 4 is 33.6 Å². The van der Waals surface area contributed by atoms with Gasteiger partial charge in [-0.15, -0.1) is 0 Å². The Kier molecular flexibility index (Phi) is 3.47. The first-order valence-corrected chi connectivity index (χ1v) is 6.02. The number of carbonyl (C=O) groups excluding carboxylic acids is 1. The molecule has 0 bridgehead atoms. The molecule has 1 N–H and O–H groups in total. The maximum absolute atomic E-state index is 11.5. The van der Waals surface area contributed by atoms with Gasteiger partial charge in [-0.3, -0.25) is 4.79 Å². The fourth-order valence-electron chi connectivity index (χ4n) is 1.01. The molecule has 4 heteroatoms. The van der Waals surface area contributed by atoms with E-state index in [1.807, 2.05) is 25.6 Å². The highest BCUT2D eigenvalue weighted by Gasteiger charge is 2.27. The molecule has 1 heterocycles. The summed E-state index contributed by atoms with van der Waals surface area (Å²) < 4.78 is -0.430.